The lowest BCUT2D eigenvalue weighted by Crippen LogP contribution is -2.16. The summed E-state index contributed by atoms with van der Waals surface area (Å²) in [5, 5.41) is 3.53. The minimum Gasteiger partial charge on any atom is -0.307 e. The molecule has 0 N–H and O–H groups in total. The maximum atomic E-state index is 16.7. The molecule has 0 unspecified atom stereocenters. The minimum absolute atomic E-state index is 0.306. The van der Waals surface area contributed by atoms with Crippen LogP contribution in [-0.2, 0) is 12.4 Å². The maximum Gasteiger partial charge on any atom is 0.417 e. The molecule has 0 saturated heterocycles. The molecule has 0 heterocycles. The molecule has 0 spiro atoms. The Kier molecular flexibility index (Phi) is 10.2. The summed E-state index contributed by atoms with van der Waals surface area (Å²) in [7, 11) is 0. The van der Waals surface area contributed by atoms with Gasteiger partial charge in [-0.25, -0.2) is 17.6 Å². The number of hydrogen-bond donors (Lipinski definition) is 0. The van der Waals surface area contributed by atoms with Gasteiger partial charge in [0.1, 0.15) is 11.6 Å². The van der Waals surface area contributed by atoms with Gasteiger partial charge in [0.25, 0.3) is 0 Å². The topological polar surface area (TPSA) is 6.48 Å². The molecule has 0 aromatic heterocycles. The molecule has 66 heavy (non-hydrogen) atoms. The van der Waals surface area contributed by atoms with Crippen molar-refractivity contribution in [3.05, 3.63) is 216 Å². The number of alkyl halides is 6. The third-order valence-corrected chi connectivity index (χ3v) is 11.7. The molecule has 0 aliphatic carbocycles. The Bertz CT molecular complexity index is 3230. The van der Waals surface area contributed by atoms with Gasteiger partial charge in [-0.3, -0.25) is 0 Å². The zero-order chi connectivity index (χ0) is 46.1. The average Bonchev–Trinajstić information content (AvgIpc) is 3.30. The molecule has 2 nitrogen and oxygen atoms in total. The Hall–Kier alpha value is -7.86. The second-order valence-electron chi connectivity index (χ2n) is 15.6. The van der Waals surface area contributed by atoms with E-state index in [1.807, 2.05) is 0 Å². The fraction of sp³-hybridized carbons (Fsp3) is 0.0370. The lowest BCUT2D eigenvalue weighted by atomic mass is 9.91. The Morgan fingerprint density at radius 1 is 0.333 bits per heavy atom. The van der Waals surface area contributed by atoms with Crippen molar-refractivity contribution in [1.82, 2.24) is 0 Å². The largest absolute Gasteiger partial charge is 0.417 e. The number of para-hydroxylation sites is 2. The molecule has 10 aromatic carbocycles. The quantitative estimate of drug-likeness (QED) is 0.111. The summed E-state index contributed by atoms with van der Waals surface area (Å²) in [5.74, 6) is -4.46. The lowest BCUT2D eigenvalue weighted by molar-refractivity contribution is -0.137. The highest BCUT2D eigenvalue weighted by Crippen LogP contribution is 2.52. The van der Waals surface area contributed by atoms with Crippen LogP contribution in [0.1, 0.15) is 11.1 Å². The van der Waals surface area contributed by atoms with Gasteiger partial charge in [-0.2, -0.15) is 26.3 Å². The van der Waals surface area contributed by atoms with E-state index in [1.54, 1.807) is 109 Å². The van der Waals surface area contributed by atoms with Gasteiger partial charge in [0, 0.05) is 45.4 Å². The first-order valence-electron chi connectivity index (χ1n) is 20.4. The van der Waals surface area contributed by atoms with Crippen molar-refractivity contribution in [3.8, 4) is 22.3 Å². The van der Waals surface area contributed by atoms with Crippen LogP contribution in [0.4, 0.5) is 78.0 Å². The highest BCUT2D eigenvalue weighted by molar-refractivity contribution is 6.28. The number of rotatable bonds is 8. The fourth-order valence-electron chi connectivity index (χ4n) is 9.02. The van der Waals surface area contributed by atoms with E-state index < -0.39 is 57.9 Å². The molecule has 0 atom stereocenters. The zero-order valence-corrected chi connectivity index (χ0v) is 34.0. The highest BCUT2D eigenvalue weighted by Gasteiger charge is 2.37. The van der Waals surface area contributed by atoms with Gasteiger partial charge in [0.05, 0.1) is 33.9 Å². The molecule has 0 bridgehead atoms. The number of benzene rings is 10. The van der Waals surface area contributed by atoms with Crippen LogP contribution in [0.25, 0.3) is 54.6 Å². The van der Waals surface area contributed by atoms with E-state index in [1.165, 1.54) is 34.1 Å². The molecule has 0 radical (unpaired) electrons. The van der Waals surface area contributed by atoms with E-state index >= 15 is 17.6 Å². The monoisotopic (exact) mass is 896 g/mol. The Morgan fingerprint density at radius 3 is 1.06 bits per heavy atom. The molecule has 0 fully saturated rings. The van der Waals surface area contributed by atoms with Gasteiger partial charge in [0.2, 0.25) is 0 Å². The van der Waals surface area contributed by atoms with E-state index in [0.717, 1.165) is 36.4 Å². The standard InChI is InChI=1S/C54H30F10N2/c55-33-27-41(37-15-7-9-17-43(37)53(59,60)61)51(45(57)29-33)65(35-11-3-1-4-12-35)47-25-21-31-20-24-40-48(26-22-32-19-23-39(47)49(31)50(32)40)66(36-13-5-2-6-14-36)52-42(28-34(56)30-46(52)58)38-16-8-10-18-44(38)54(62,63)64/h1-30H. The molecule has 0 saturated carbocycles. The van der Waals surface area contributed by atoms with E-state index in [4.69, 9.17) is 0 Å². The van der Waals surface area contributed by atoms with Crippen molar-refractivity contribution in [2.45, 2.75) is 12.4 Å². The molecular formula is C54H30F10N2. The SMILES string of the molecule is Fc1cc(F)c(N(c2ccccc2)c2ccc3ccc4c(N(c5ccccc5)c5c(F)cc(F)cc5-c5ccccc5C(F)(F)F)ccc5ccc2c3c54)c(-c2ccccc2C(F)(F)F)c1. The van der Waals surface area contributed by atoms with Crippen molar-refractivity contribution >= 4 is 66.4 Å². The second kappa shape index (κ2) is 16.0. The first-order valence-corrected chi connectivity index (χ1v) is 20.4. The van der Waals surface area contributed by atoms with E-state index in [-0.39, 0.29) is 22.5 Å². The third-order valence-electron chi connectivity index (χ3n) is 11.7. The van der Waals surface area contributed by atoms with Crippen LogP contribution in [0.15, 0.2) is 182 Å². The summed E-state index contributed by atoms with van der Waals surface area (Å²) >= 11 is 0. The Labute approximate surface area is 370 Å². The molecule has 0 aliphatic heterocycles. The molecule has 0 aliphatic rings. The first kappa shape index (κ1) is 42.1. The van der Waals surface area contributed by atoms with Gasteiger partial charge in [-0.1, -0.05) is 109 Å². The minimum atomic E-state index is -4.88. The van der Waals surface area contributed by atoms with Crippen LogP contribution in [0, 0.1) is 23.3 Å². The van der Waals surface area contributed by atoms with Crippen molar-refractivity contribution in [2.24, 2.45) is 0 Å². The summed E-state index contributed by atoms with van der Waals surface area (Å²) in [5.41, 5.74) is -3.26. The normalized spacial score (nSPS) is 12.1. The Morgan fingerprint density at radius 2 is 0.682 bits per heavy atom. The Balaban J connectivity index is 1.27. The summed E-state index contributed by atoms with van der Waals surface area (Å²) in [6.45, 7) is 0. The fourth-order valence-corrected chi connectivity index (χ4v) is 9.02. The molecular weight excluding hydrogens is 867 g/mol. The smallest absolute Gasteiger partial charge is 0.307 e. The van der Waals surface area contributed by atoms with E-state index in [9.17, 15) is 26.3 Å². The van der Waals surface area contributed by atoms with Gasteiger partial charge in [-0.05, 0) is 93.3 Å². The summed E-state index contributed by atoms with van der Waals surface area (Å²) in [6, 6.07) is 42.7. The third kappa shape index (κ3) is 7.18. The maximum absolute atomic E-state index is 16.7. The average molecular weight is 897 g/mol. The van der Waals surface area contributed by atoms with E-state index in [0.29, 0.717) is 67.2 Å². The molecule has 10 aromatic rings. The van der Waals surface area contributed by atoms with Crippen molar-refractivity contribution < 1.29 is 43.9 Å². The second-order valence-corrected chi connectivity index (χ2v) is 15.6. The highest BCUT2D eigenvalue weighted by atomic mass is 19.4. The van der Waals surface area contributed by atoms with Gasteiger partial charge in [0.15, 0.2) is 11.6 Å². The summed E-state index contributed by atoms with van der Waals surface area (Å²) in [4.78, 5) is 2.89. The molecule has 326 valence electrons. The predicted octanol–water partition coefficient (Wildman–Crippen LogP) is 17.5. The number of halogens is 10. The van der Waals surface area contributed by atoms with Crippen LogP contribution >= 0.6 is 0 Å². The zero-order valence-electron chi connectivity index (χ0n) is 34.0. The first-order chi connectivity index (χ1) is 31.7. The summed E-state index contributed by atoms with van der Waals surface area (Å²) in [6.07, 6.45) is -9.77. The van der Waals surface area contributed by atoms with Crippen LogP contribution in [0.5, 0.6) is 0 Å². The lowest BCUT2D eigenvalue weighted by Gasteiger charge is -2.31. The summed E-state index contributed by atoms with van der Waals surface area (Å²) < 4.78 is 151. The van der Waals surface area contributed by atoms with Gasteiger partial charge < -0.3 is 9.80 Å². The van der Waals surface area contributed by atoms with Crippen LogP contribution in [0.2, 0.25) is 0 Å². The molecule has 12 heteroatoms. The van der Waals surface area contributed by atoms with Crippen LogP contribution in [-0.4, -0.2) is 0 Å². The van der Waals surface area contributed by atoms with Crippen LogP contribution < -0.4 is 9.80 Å². The number of anilines is 6. The number of nitrogens with zero attached hydrogens (tertiary/aromatic N) is 2. The van der Waals surface area contributed by atoms with Crippen molar-refractivity contribution in [3.63, 3.8) is 0 Å². The van der Waals surface area contributed by atoms with Crippen molar-refractivity contribution in [1.29, 1.82) is 0 Å². The molecule has 0 amide bonds. The van der Waals surface area contributed by atoms with Gasteiger partial charge in [-0.15, -0.1) is 0 Å². The molecule has 10 rings (SSSR count). The van der Waals surface area contributed by atoms with Gasteiger partial charge >= 0.3 is 12.4 Å². The predicted molar refractivity (Wildman–Crippen MR) is 240 cm³/mol. The van der Waals surface area contributed by atoms with Crippen LogP contribution in [0.3, 0.4) is 0 Å². The number of hydrogen-bond acceptors (Lipinski definition) is 2. The van der Waals surface area contributed by atoms with Crippen molar-refractivity contribution in [2.75, 3.05) is 9.80 Å². The van der Waals surface area contributed by atoms with E-state index in [2.05, 4.69) is 0 Å².